The Bertz CT molecular complexity index is 1320. The molecule has 8 nitrogen and oxygen atoms in total. The molecule has 186 valence electrons. The summed E-state index contributed by atoms with van der Waals surface area (Å²) in [5, 5.41) is 4.14. The minimum atomic E-state index is -0.265. The highest BCUT2D eigenvalue weighted by Gasteiger charge is 2.34. The van der Waals surface area contributed by atoms with Crippen LogP contribution >= 0.6 is 22.9 Å². The van der Waals surface area contributed by atoms with Crippen molar-refractivity contribution in [2.45, 2.75) is 25.2 Å². The summed E-state index contributed by atoms with van der Waals surface area (Å²) in [6, 6.07) is 12.9. The molecule has 6 rings (SSSR count). The molecule has 1 unspecified atom stereocenters. The van der Waals surface area contributed by atoms with Crippen LogP contribution in [0.25, 0.3) is 0 Å². The molecule has 2 aromatic carbocycles. The predicted octanol–water partition coefficient (Wildman–Crippen LogP) is 4.55. The third-order valence-corrected chi connectivity index (χ3v) is 8.15. The maximum atomic E-state index is 13.5. The summed E-state index contributed by atoms with van der Waals surface area (Å²) in [6.07, 6.45) is 2.59. The molecule has 1 N–H and O–H groups in total. The molecule has 1 fully saturated rings. The number of aryl methyl sites for hydroxylation is 1. The maximum absolute atomic E-state index is 13.5. The molecule has 1 saturated heterocycles. The zero-order valence-electron chi connectivity index (χ0n) is 19.5. The zero-order chi connectivity index (χ0) is 24.6. The van der Waals surface area contributed by atoms with Crippen molar-refractivity contribution in [3.8, 4) is 11.5 Å². The van der Waals surface area contributed by atoms with Crippen molar-refractivity contribution in [3.63, 3.8) is 0 Å². The number of piperazine rings is 1. The lowest BCUT2D eigenvalue weighted by molar-refractivity contribution is -0.133. The number of anilines is 2. The number of halogens is 1. The number of thiazole rings is 1. The zero-order valence-corrected chi connectivity index (χ0v) is 21.1. The number of ether oxygens (including phenoxy) is 2. The normalized spacial score (nSPS) is 18.6. The van der Waals surface area contributed by atoms with Crippen LogP contribution < -0.4 is 19.7 Å². The molecular weight excluding hydrogens is 500 g/mol. The van der Waals surface area contributed by atoms with E-state index in [9.17, 15) is 9.59 Å². The van der Waals surface area contributed by atoms with E-state index in [0.717, 1.165) is 48.6 Å². The molecule has 0 saturated carbocycles. The molecule has 1 aromatic heterocycles. The van der Waals surface area contributed by atoms with Gasteiger partial charge in [0.05, 0.1) is 11.6 Å². The Morgan fingerprint density at radius 3 is 2.72 bits per heavy atom. The first-order valence-electron chi connectivity index (χ1n) is 12.0. The van der Waals surface area contributed by atoms with Crippen LogP contribution in [0.4, 0.5) is 10.8 Å². The molecule has 3 aliphatic rings. The Balaban J connectivity index is 1.12. The van der Waals surface area contributed by atoms with E-state index in [4.69, 9.17) is 26.1 Å². The summed E-state index contributed by atoms with van der Waals surface area (Å²) in [5.41, 5.74) is 2.36. The minimum absolute atomic E-state index is 0.126. The summed E-state index contributed by atoms with van der Waals surface area (Å²) in [5.74, 6) is 0.784. The summed E-state index contributed by atoms with van der Waals surface area (Å²) < 4.78 is 10.7. The van der Waals surface area contributed by atoms with E-state index in [1.54, 1.807) is 18.2 Å². The van der Waals surface area contributed by atoms with Gasteiger partial charge in [0, 0.05) is 47.3 Å². The molecule has 10 heteroatoms. The Morgan fingerprint density at radius 1 is 1.06 bits per heavy atom. The van der Waals surface area contributed by atoms with E-state index in [2.05, 4.69) is 10.2 Å². The smallest absolute Gasteiger partial charge is 0.257 e. The van der Waals surface area contributed by atoms with Crippen molar-refractivity contribution in [3.05, 3.63) is 63.6 Å². The van der Waals surface area contributed by atoms with Crippen molar-refractivity contribution in [2.24, 2.45) is 0 Å². The minimum Gasteiger partial charge on any atom is -0.454 e. The molecule has 0 spiro atoms. The number of nitrogens with one attached hydrogen (secondary N) is 1. The number of hydrogen-bond donors (Lipinski definition) is 1. The van der Waals surface area contributed by atoms with Gasteiger partial charge < -0.3 is 19.3 Å². The second kappa shape index (κ2) is 9.63. The number of carbonyl (C=O) groups is 2. The van der Waals surface area contributed by atoms with Crippen molar-refractivity contribution in [1.82, 2.24) is 9.88 Å². The molecule has 36 heavy (non-hydrogen) atoms. The fourth-order valence-electron chi connectivity index (χ4n) is 5.00. The van der Waals surface area contributed by atoms with E-state index in [-0.39, 0.29) is 24.5 Å². The van der Waals surface area contributed by atoms with E-state index in [1.165, 1.54) is 11.3 Å². The quantitative estimate of drug-likeness (QED) is 0.539. The van der Waals surface area contributed by atoms with Crippen LogP contribution in [-0.2, 0) is 11.2 Å². The summed E-state index contributed by atoms with van der Waals surface area (Å²) >= 11 is 7.61. The van der Waals surface area contributed by atoms with E-state index in [1.807, 2.05) is 29.2 Å². The maximum Gasteiger partial charge on any atom is 0.257 e. The number of amides is 2. The van der Waals surface area contributed by atoms with Crippen molar-refractivity contribution >= 4 is 45.6 Å². The van der Waals surface area contributed by atoms with Crippen molar-refractivity contribution in [2.75, 3.05) is 43.2 Å². The SMILES string of the molecule is O=C(Nc1nc2c(s1)CCCC2C(=O)N1CCN(c2cccc(Cl)c2)CC1)c1ccc2c(c1)OCO2. The first kappa shape index (κ1) is 23.1. The van der Waals surface area contributed by atoms with Crippen LogP contribution in [0.1, 0.15) is 39.7 Å². The van der Waals surface area contributed by atoms with Crippen molar-refractivity contribution < 1.29 is 19.1 Å². The third-order valence-electron chi connectivity index (χ3n) is 6.87. The van der Waals surface area contributed by atoms with Gasteiger partial charge in [-0.05, 0) is 55.7 Å². The molecule has 0 radical (unpaired) electrons. The van der Waals surface area contributed by atoms with Gasteiger partial charge >= 0.3 is 0 Å². The van der Waals surface area contributed by atoms with E-state index >= 15 is 0 Å². The Kier molecular flexibility index (Phi) is 6.18. The molecule has 2 aliphatic heterocycles. The number of benzene rings is 2. The molecule has 3 heterocycles. The van der Waals surface area contributed by atoms with Gasteiger partial charge in [-0.25, -0.2) is 4.98 Å². The number of hydrogen-bond acceptors (Lipinski definition) is 7. The van der Waals surface area contributed by atoms with Gasteiger partial charge in [0.25, 0.3) is 5.91 Å². The highest BCUT2D eigenvalue weighted by molar-refractivity contribution is 7.16. The second-order valence-electron chi connectivity index (χ2n) is 9.09. The Labute approximate surface area is 217 Å². The molecule has 3 aromatic rings. The fraction of sp³-hybridized carbons (Fsp3) is 0.346. The summed E-state index contributed by atoms with van der Waals surface area (Å²) in [7, 11) is 0. The van der Waals surface area contributed by atoms with Gasteiger partial charge in [-0.2, -0.15) is 0 Å². The molecule has 1 aliphatic carbocycles. The number of rotatable bonds is 4. The van der Waals surface area contributed by atoms with Gasteiger partial charge in [0.2, 0.25) is 12.7 Å². The Hall–Kier alpha value is -3.30. The van der Waals surface area contributed by atoms with Gasteiger partial charge in [0.1, 0.15) is 0 Å². The van der Waals surface area contributed by atoms with Crippen LogP contribution in [0.3, 0.4) is 0 Å². The number of fused-ring (bicyclic) bond motifs is 2. The van der Waals surface area contributed by atoms with Crippen LogP contribution in [-0.4, -0.2) is 54.7 Å². The lowest BCUT2D eigenvalue weighted by Gasteiger charge is -2.38. The van der Waals surface area contributed by atoms with Gasteiger partial charge in [-0.1, -0.05) is 17.7 Å². The van der Waals surface area contributed by atoms with Crippen LogP contribution in [0, 0.1) is 0 Å². The van der Waals surface area contributed by atoms with Gasteiger partial charge in [-0.3, -0.25) is 14.9 Å². The molecular formula is C26H25ClN4O4S. The predicted molar refractivity (Wildman–Crippen MR) is 139 cm³/mol. The van der Waals surface area contributed by atoms with E-state index in [0.29, 0.717) is 40.3 Å². The third kappa shape index (κ3) is 4.49. The van der Waals surface area contributed by atoms with Gasteiger partial charge in [-0.15, -0.1) is 11.3 Å². The number of aromatic nitrogens is 1. The average molecular weight is 525 g/mol. The van der Waals surface area contributed by atoms with Crippen molar-refractivity contribution in [1.29, 1.82) is 0 Å². The first-order valence-corrected chi connectivity index (χ1v) is 13.2. The standard InChI is InChI=1S/C26H25ClN4O4S/c27-17-3-1-4-18(14-17)30-9-11-31(12-10-30)25(33)19-5-2-6-22-23(19)28-26(36-22)29-24(32)16-7-8-20-21(13-16)35-15-34-20/h1,3-4,7-8,13-14,19H,2,5-6,9-12,15H2,(H,28,29,32). The molecule has 2 amide bonds. The molecule has 1 atom stereocenters. The molecule has 0 bridgehead atoms. The lowest BCUT2D eigenvalue weighted by Crippen LogP contribution is -2.50. The van der Waals surface area contributed by atoms with Gasteiger partial charge in [0.15, 0.2) is 16.6 Å². The Morgan fingerprint density at radius 2 is 1.89 bits per heavy atom. The number of carbonyl (C=O) groups excluding carboxylic acids is 2. The first-order chi connectivity index (χ1) is 17.5. The second-order valence-corrected chi connectivity index (χ2v) is 10.6. The van der Waals surface area contributed by atoms with E-state index < -0.39 is 0 Å². The lowest BCUT2D eigenvalue weighted by atomic mass is 9.89. The largest absolute Gasteiger partial charge is 0.454 e. The highest BCUT2D eigenvalue weighted by atomic mass is 35.5. The van der Waals surface area contributed by atoms with Crippen LogP contribution in [0.15, 0.2) is 42.5 Å². The summed E-state index contributed by atoms with van der Waals surface area (Å²) in [4.78, 5) is 36.3. The average Bonchev–Trinajstić information content (AvgIpc) is 3.54. The highest BCUT2D eigenvalue weighted by Crippen LogP contribution is 2.38. The topological polar surface area (TPSA) is 84.0 Å². The number of nitrogens with zero attached hydrogens (tertiary/aromatic N) is 3. The summed E-state index contributed by atoms with van der Waals surface area (Å²) in [6.45, 7) is 3.01. The van der Waals surface area contributed by atoms with Crippen LogP contribution in [0.5, 0.6) is 11.5 Å². The monoisotopic (exact) mass is 524 g/mol. The fourth-order valence-corrected chi connectivity index (χ4v) is 6.24. The van der Waals surface area contributed by atoms with Crippen LogP contribution in [0.2, 0.25) is 5.02 Å².